The van der Waals surface area contributed by atoms with Gasteiger partial charge in [-0.05, 0) is 61.6 Å². The summed E-state index contributed by atoms with van der Waals surface area (Å²) >= 11 is 0. The zero-order valence-electron chi connectivity index (χ0n) is 18.1. The summed E-state index contributed by atoms with van der Waals surface area (Å²) in [5, 5.41) is 3.59. The summed E-state index contributed by atoms with van der Waals surface area (Å²) in [6.07, 6.45) is -2.16. The van der Waals surface area contributed by atoms with Crippen LogP contribution < -0.4 is 15.0 Å². The molecule has 0 radical (unpaired) electrons. The molecule has 2 aromatic carbocycles. The molecule has 2 aliphatic heterocycles. The fraction of sp³-hybridized carbons (Fsp3) is 0.500. The Balaban J connectivity index is 1.77. The van der Waals surface area contributed by atoms with Gasteiger partial charge in [0.05, 0.1) is 25.4 Å². The first kappa shape index (κ1) is 22.0. The molecule has 0 aliphatic carbocycles. The average molecular weight is 435 g/mol. The van der Waals surface area contributed by atoms with Gasteiger partial charge in [0, 0.05) is 13.1 Å². The summed E-state index contributed by atoms with van der Waals surface area (Å²) in [7, 11) is 3.50. The number of nitrogens with zero attached hydrogens (tertiary/aromatic N) is 1. The molecule has 3 atom stereocenters. The average Bonchev–Trinajstić information content (AvgIpc) is 2.78. The lowest BCUT2D eigenvalue weighted by atomic mass is 9.85. The molecule has 0 amide bonds. The van der Waals surface area contributed by atoms with E-state index in [1.54, 1.807) is 19.2 Å². The topological polar surface area (TPSA) is 33.7 Å². The van der Waals surface area contributed by atoms with Crippen LogP contribution in [-0.2, 0) is 16.8 Å². The van der Waals surface area contributed by atoms with E-state index in [-0.39, 0.29) is 24.3 Å². The zero-order chi connectivity index (χ0) is 22.2. The van der Waals surface area contributed by atoms with Crippen molar-refractivity contribution in [3.63, 3.8) is 0 Å². The van der Waals surface area contributed by atoms with Crippen LogP contribution in [0.5, 0.6) is 5.75 Å². The zero-order valence-corrected chi connectivity index (χ0v) is 18.1. The first-order valence-electron chi connectivity index (χ1n) is 10.7. The van der Waals surface area contributed by atoms with Gasteiger partial charge in [0.2, 0.25) is 0 Å². The highest BCUT2D eigenvalue weighted by atomic mass is 19.4. The van der Waals surface area contributed by atoms with E-state index < -0.39 is 11.8 Å². The molecule has 4 nitrogen and oxygen atoms in total. The number of fused-ring (bicyclic) bond motifs is 1. The third-order valence-corrected chi connectivity index (χ3v) is 6.68. The highest BCUT2D eigenvalue weighted by Gasteiger charge is 2.56. The number of hydrogen-bond donors (Lipinski definition) is 1. The second-order valence-corrected chi connectivity index (χ2v) is 8.47. The maximum Gasteiger partial charge on any atom is 0.421 e. The Kier molecular flexibility index (Phi) is 5.92. The highest BCUT2D eigenvalue weighted by molar-refractivity contribution is 5.64. The Morgan fingerprint density at radius 1 is 1.19 bits per heavy atom. The van der Waals surface area contributed by atoms with Crippen molar-refractivity contribution in [2.75, 3.05) is 32.2 Å². The van der Waals surface area contributed by atoms with Crippen LogP contribution in [-0.4, -0.2) is 39.5 Å². The molecule has 0 unspecified atom stereocenters. The Labute approximate surface area is 181 Å². The maximum atomic E-state index is 14.0. The second-order valence-electron chi connectivity index (χ2n) is 8.47. The number of nitrogens with one attached hydrogen (secondary N) is 1. The Morgan fingerprint density at radius 3 is 2.61 bits per heavy atom. The molecule has 0 spiro atoms. The van der Waals surface area contributed by atoms with Crippen molar-refractivity contribution in [3.05, 3.63) is 59.2 Å². The first-order valence-corrected chi connectivity index (χ1v) is 10.7. The molecule has 2 aliphatic rings. The number of likely N-dealkylation sites (N-methyl/N-ethyl adjacent to an activating group) is 1. The summed E-state index contributed by atoms with van der Waals surface area (Å²) in [5.74, 6) is 0.588. The van der Waals surface area contributed by atoms with Gasteiger partial charge in [0.1, 0.15) is 5.75 Å². The lowest BCUT2D eigenvalue weighted by Gasteiger charge is -2.42. The second kappa shape index (κ2) is 8.36. The van der Waals surface area contributed by atoms with Gasteiger partial charge >= 0.3 is 6.18 Å². The van der Waals surface area contributed by atoms with Gasteiger partial charge in [-0.15, -0.1) is 0 Å². The summed E-state index contributed by atoms with van der Waals surface area (Å²) in [4.78, 5) is 2.06. The molecular formula is C24H29F3N2O2. The molecule has 2 aromatic rings. The molecule has 168 valence electrons. The molecule has 0 aromatic heterocycles. The number of hydrogen-bond acceptors (Lipinski definition) is 4. The normalized spacial score (nSPS) is 26.3. The minimum Gasteiger partial charge on any atom is -0.495 e. The lowest BCUT2D eigenvalue weighted by molar-refractivity contribution is -0.281. The van der Waals surface area contributed by atoms with Gasteiger partial charge in [0.15, 0.2) is 5.60 Å². The number of rotatable bonds is 4. The van der Waals surface area contributed by atoms with Crippen LogP contribution in [0.25, 0.3) is 0 Å². The molecule has 1 N–H and O–H groups in total. The predicted molar refractivity (Wildman–Crippen MR) is 115 cm³/mol. The van der Waals surface area contributed by atoms with Crippen molar-refractivity contribution in [2.24, 2.45) is 0 Å². The number of methoxy groups -OCH3 is 1. The van der Waals surface area contributed by atoms with E-state index in [1.807, 2.05) is 25.2 Å². The summed E-state index contributed by atoms with van der Waals surface area (Å²) in [5.41, 5.74) is 0.290. The first-order chi connectivity index (χ1) is 14.8. The van der Waals surface area contributed by atoms with Crippen LogP contribution in [0.15, 0.2) is 42.5 Å². The van der Waals surface area contributed by atoms with Gasteiger partial charge < -0.3 is 19.7 Å². The molecule has 2 heterocycles. The Bertz CT molecular complexity index is 919. The van der Waals surface area contributed by atoms with Gasteiger partial charge in [-0.3, -0.25) is 0 Å². The number of anilines is 1. The molecule has 7 heteroatoms. The summed E-state index contributed by atoms with van der Waals surface area (Å²) < 4.78 is 52.9. The van der Waals surface area contributed by atoms with Crippen LogP contribution in [0.2, 0.25) is 0 Å². The number of benzene rings is 2. The van der Waals surface area contributed by atoms with Crippen LogP contribution in [0.1, 0.15) is 42.5 Å². The van der Waals surface area contributed by atoms with Crippen molar-refractivity contribution >= 4 is 5.69 Å². The molecule has 1 fully saturated rings. The number of halogens is 3. The van der Waals surface area contributed by atoms with Crippen molar-refractivity contribution in [2.45, 2.75) is 50.0 Å². The van der Waals surface area contributed by atoms with Gasteiger partial charge in [-0.2, -0.15) is 13.2 Å². The van der Waals surface area contributed by atoms with Gasteiger partial charge in [-0.25, -0.2) is 0 Å². The van der Waals surface area contributed by atoms with Crippen LogP contribution in [0, 0.1) is 0 Å². The molecule has 0 bridgehead atoms. The minimum absolute atomic E-state index is 0.0317. The number of ether oxygens (including phenoxy) is 2. The van der Waals surface area contributed by atoms with E-state index in [1.165, 1.54) is 5.56 Å². The van der Waals surface area contributed by atoms with E-state index in [0.717, 1.165) is 26.3 Å². The van der Waals surface area contributed by atoms with Crippen molar-refractivity contribution < 1.29 is 22.6 Å². The summed E-state index contributed by atoms with van der Waals surface area (Å²) in [6.45, 7) is 2.06. The van der Waals surface area contributed by atoms with Crippen molar-refractivity contribution in [1.82, 2.24) is 5.32 Å². The third-order valence-electron chi connectivity index (χ3n) is 6.68. The van der Waals surface area contributed by atoms with Crippen molar-refractivity contribution in [1.29, 1.82) is 0 Å². The molecule has 31 heavy (non-hydrogen) atoms. The van der Waals surface area contributed by atoms with Gasteiger partial charge in [-0.1, -0.05) is 30.3 Å². The monoisotopic (exact) mass is 434 g/mol. The summed E-state index contributed by atoms with van der Waals surface area (Å²) in [6, 6.07) is 13.7. The Hall–Kier alpha value is -2.25. The highest BCUT2D eigenvalue weighted by Crippen LogP contribution is 2.48. The van der Waals surface area contributed by atoms with E-state index in [2.05, 4.69) is 22.3 Å². The maximum absolute atomic E-state index is 14.0. The van der Waals surface area contributed by atoms with E-state index in [9.17, 15) is 13.2 Å². The van der Waals surface area contributed by atoms with Crippen molar-refractivity contribution in [3.8, 4) is 5.75 Å². The molecule has 0 saturated carbocycles. The van der Waals surface area contributed by atoms with Gasteiger partial charge in [0.25, 0.3) is 0 Å². The lowest BCUT2D eigenvalue weighted by Crippen LogP contribution is -2.48. The van der Waals surface area contributed by atoms with E-state index >= 15 is 0 Å². The third kappa shape index (κ3) is 3.89. The molecule has 4 rings (SSSR count). The van der Waals surface area contributed by atoms with E-state index in [4.69, 9.17) is 9.47 Å². The number of alkyl halides is 3. The number of piperidine rings is 1. The quantitative estimate of drug-likeness (QED) is 0.736. The fourth-order valence-electron chi connectivity index (χ4n) is 4.85. The SMILES string of the molecule is COc1cc2c(cc1N(C)[C@H]1CCCN[C@H]1c1ccccc1)[C@@](C)(C(F)(F)F)OCC2. The standard InChI is InChI=1S/C24H29F3N2O2/c1-23(24(25,26)27)18-15-20(21(30-3)14-17(18)11-13-31-23)29(2)19-10-7-12-28-22(19)16-8-5-4-6-9-16/h4-6,8-9,14-15,19,22,28H,7,10-13H2,1-3H3/t19-,22-,23-/m0/s1. The Morgan fingerprint density at radius 2 is 1.94 bits per heavy atom. The van der Waals surface area contributed by atoms with Crippen LogP contribution >= 0.6 is 0 Å². The predicted octanol–water partition coefficient (Wildman–Crippen LogP) is 4.97. The van der Waals surface area contributed by atoms with E-state index in [0.29, 0.717) is 23.4 Å². The van der Waals surface area contributed by atoms with Crippen LogP contribution in [0.4, 0.5) is 18.9 Å². The molecule has 1 saturated heterocycles. The largest absolute Gasteiger partial charge is 0.495 e. The molecular weight excluding hydrogens is 405 g/mol. The van der Waals surface area contributed by atoms with Crippen LogP contribution in [0.3, 0.4) is 0 Å². The smallest absolute Gasteiger partial charge is 0.421 e. The fourth-order valence-corrected chi connectivity index (χ4v) is 4.85. The minimum atomic E-state index is -4.51.